The molecule has 0 unspecified atom stereocenters. The van der Waals surface area contributed by atoms with Gasteiger partial charge in [-0.2, -0.15) is 0 Å². The van der Waals surface area contributed by atoms with E-state index in [1.54, 1.807) is 6.26 Å². The number of carbonyl (C=O) groups is 1. The summed E-state index contributed by atoms with van der Waals surface area (Å²) in [7, 11) is 2.01. The van der Waals surface area contributed by atoms with Gasteiger partial charge in [-0.15, -0.1) is 0 Å². The fourth-order valence-corrected chi connectivity index (χ4v) is 9.92. The summed E-state index contributed by atoms with van der Waals surface area (Å²) >= 11 is 0. The quantitative estimate of drug-likeness (QED) is 0.638. The molecule has 1 saturated heterocycles. The lowest BCUT2D eigenvalue weighted by atomic mass is 9.43. The van der Waals surface area contributed by atoms with E-state index in [9.17, 15) is 14.7 Å². The van der Waals surface area contributed by atoms with Gasteiger partial charge in [-0.25, -0.2) is 4.79 Å². The van der Waals surface area contributed by atoms with Crippen molar-refractivity contribution in [3.05, 3.63) is 34.4 Å². The molecular weight excluding hydrogens is 480 g/mol. The Kier molecular flexibility index (Phi) is 6.80. The van der Waals surface area contributed by atoms with E-state index in [0.29, 0.717) is 30.3 Å². The lowest BCUT2D eigenvalue weighted by Crippen LogP contribution is -2.62. The first-order valence-corrected chi connectivity index (χ1v) is 15.0. The number of rotatable bonds is 4. The molecule has 7 nitrogen and oxygen atoms in total. The summed E-state index contributed by atoms with van der Waals surface area (Å²) < 4.78 is 10.7. The molecule has 1 aliphatic heterocycles. The number of hydrogen-bond acceptors (Lipinski definition) is 6. The van der Waals surface area contributed by atoms with Crippen molar-refractivity contribution < 1.29 is 19.1 Å². The van der Waals surface area contributed by atoms with Crippen molar-refractivity contribution in [3.63, 3.8) is 0 Å². The predicted molar refractivity (Wildman–Crippen MR) is 145 cm³/mol. The Morgan fingerprint density at radius 1 is 1.05 bits per heavy atom. The number of amides is 1. The molecule has 4 aliphatic carbocycles. The zero-order chi connectivity index (χ0) is 26.7. The lowest BCUT2D eigenvalue weighted by Gasteiger charge is -2.64. The van der Waals surface area contributed by atoms with Gasteiger partial charge in [0.15, 0.2) is 0 Å². The fourth-order valence-electron chi connectivity index (χ4n) is 9.92. The second-order valence-corrected chi connectivity index (χ2v) is 13.7. The van der Waals surface area contributed by atoms with E-state index >= 15 is 0 Å². The van der Waals surface area contributed by atoms with Gasteiger partial charge in [-0.1, -0.05) is 13.8 Å². The molecule has 0 radical (unpaired) electrons. The minimum Gasteiger partial charge on any atom is -0.431 e. The van der Waals surface area contributed by atoms with Crippen LogP contribution in [0.1, 0.15) is 83.1 Å². The molecule has 7 heteroatoms. The van der Waals surface area contributed by atoms with Crippen LogP contribution in [-0.4, -0.2) is 72.4 Å². The number of carbonyl (C=O) groups excluding carboxylic acids is 1. The van der Waals surface area contributed by atoms with Crippen LogP contribution in [0.2, 0.25) is 0 Å². The summed E-state index contributed by atoms with van der Waals surface area (Å²) in [6.45, 7) is 8.43. The number of nitrogens with zero attached hydrogens (tertiary/aromatic N) is 2. The van der Waals surface area contributed by atoms with Gasteiger partial charge in [0.05, 0.1) is 31.6 Å². The second-order valence-electron chi connectivity index (χ2n) is 13.7. The third kappa shape index (κ3) is 4.10. The highest BCUT2D eigenvalue weighted by molar-refractivity contribution is 5.78. The number of morpholine rings is 1. The zero-order valence-corrected chi connectivity index (χ0v) is 23.5. The van der Waals surface area contributed by atoms with Crippen molar-refractivity contribution in [2.45, 2.75) is 89.2 Å². The molecule has 38 heavy (non-hydrogen) atoms. The Morgan fingerprint density at radius 2 is 1.84 bits per heavy atom. The molecule has 210 valence electrons. The van der Waals surface area contributed by atoms with Gasteiger partial charge in [0.2, 0.25) is 5.91 Å². The predicted octanol–water partition coefficient (Wildman–Crippen LogP) is 4.04. The fraction of sp³-hybridized carbons (Fsp3) is 0.806. The number of likely N-dealkylation sites (N-methyl/N-ethyl adjacent to an activating group) is 1. The van der Waals surface area contributed by atoms with E-state index in [-0.39, 0.29) is 28.3 Å². The van der Waals surface area contributed by atoms with Crippen LogP contribution < -0.4 is 5.63 Å². The molecule has 5 aliphatic rings. The molecule has 0 spiro atoms. The third-order valence-corrected chi connectivity index (χ3v) is 12.4. The van der Waals surface area contributed by atoms with E-state index in [1.807, 2.05) is 18.0 Å². The summed E-state index contributed by atoms with van der Waals surface area (Å²) in [5.41, 5.74) is 0.104. The van der Waals surface area contributed by atoms with Gasteiger partial charge in [0.25, 0.3) is 0 Å². The zero-order valence-electron chi connectivity index (χ0n) is 23.5. The minimum absolute atomic E-state index is 0.194. The van der Waals surface area contributed by atoms with Crippen molar-refractivity contribution in [1.29, 1.82) is 0 Å². The van der Waals surface area contributed by atoms with Crippen LogP contribution in [0.3, 0.4) is 0 Å². The Morgan fingerprint density at radius 3 is 2.58 bits per heavy atom. The van der Waals surface area contributed by atoms with Crippen LogP contribution in [0, 0.1) is 28.6 Å². The van der Waals surface area contributed by atoms with Gasteiger partial charge < -0.3 is 19.2 Å². The summed E-state index contributed by atoms with van der Waals surface area (Å²) in [6, 6.07) is 3.75. The van der Waals surface area contributed by atoms with Crippen molar-refractivity contribution in [3.8, 4) is 0 Å². The monoisotopic (exact) mass is 526 g/mol. The maximum Gasteiger partial charge on any atom is 0.335 e. The number of fused-ring (bicyclic) bond motifs is 5. The molecule has 0 bridgehead atoms. The van der Waals surface area contributed by atoms with E-state index in [2.05, 4.69) is 18.7 Å². The Balaban J connectivity index is 1.16. The maximum absolute atomic E-state index is 13.1. The molecule has 6 rings (SSSR count). The van der Waals surface area contributed by atoms with Crippen LogP contribution in [0.15, 0.2) is 27.6 Å². The highest BCUT2D eigenvalue weighted by Crippen LogP contribution is 2.70. The van der Waals surface area contributed by atoms with E-state index < -0.39 is 5.60 Å². The number of aliphatic hydroxyl groups is 1. The lowest BCUT2D eigenvalue weighted by molar-refractivity contribution is -0.203. The van der Waals surface area contributed by atoms with Crippen molar-refractivity contribution in [2.75, 3.05) is 39.9 Å². The summed E-state index contributed by atoms with van der Waals surface area (Å²) in [6.07, 6.45) is 11.1. The van der Waals surface area contributed by atoms with Crippen LogP contribution in [-0.2, 0) is 9.53 Å². The molecule has 5 fully saturated rings. The summed E-state index contributed by atoms with van der Waals surface area (Å²) in [5.74, 6) is 1.92. The standard InChI is InChI=1S/C31H46N2O5/c1-29-11-8-23(32(3)27(34)19-33-14-16-37-17-15-33)18-22(29)5-6-26-25(29)9-12-30(2)24(10-13-31(26,30)36)21-4-7-28(35)38-20-21/h4,7,20,22-26,36H,5-6,8-19H2,1-3H3/t22-,23-,24-,25-,26-,29-,30-,31-/m1/s1. The van der Waals surface area contributed by atoms with Crippen LogP contribution in [0.4, 0.5) is 0 Å². The molecule has 0 aromatic carbocycles. The molecule has 4 saturated carbocycles. The van der Waals surface area contributed by atoms with E-state index in [0.717, 1.165) is 89.7 Å². The summed E-state index contributed by atoms with van der Waals surface area (Å²) in [5, 5.41) is 12.5. The minimum atomic E-state index is -0.674. The van der Waals surface area contributed by atoms with E-state index in [1.165, 1.54) is 6.07 Å². The second kappa shape index (κ2) is 9.74. The van der Waals surface area contributed by atoms with Gasteiger partial charge in [0, 0.05) is 37.7 Å². The Hall–Kier alpha value is -1.70. The Labute approximate surface area is 226 Å². The van der Waals surface area contributed by atoms with Crippen LogP contribution in [0.25, 0.3) is 0 Å². The summed E-state index contributed by atoms with van der Waals surface area (Å²) in [4.78, 5) is 29.0. The normalized spacial score (nSPS) is 43.1. The van der Waals surface area contributed by atoms with Gasteiger partial charge >= 0.3 is 5.63 Å². The highest BCUT2D eigenvalue weighted by Gasteiger charge is 2.67. The van der Waals surface area contributed by atoms with Crippen molar-refractivity contribution in [1.82, 2.24) is 9.80 Å². The van der Waals surface area contributed by atoms with Gasteiger partial charge in [-0.3, -0.25) is 9.69 Å². The van der Waals surface area contributed by atoms with Crippen LogP contribution in [0.5, 0.6) is 0 Å². The molecule has 1 N–H and O–H groups in total. The van der Waals surface area contributed by atoms with Crippen molar-refractivity contribution >= 4 is 5.91 Å². The Bertz CT molecular complexity index is 1080. The molecular formula is C31H46N2O5. The first kappa shape index (κ1) is 26.5. The smallest absolute Gasteiger partial charge is 0.335 e. The highest BCUT2D eigenvalue weighted by atomic mass is 16.5. The van der Waals surface area contributed by atoms with E-state index in [4.69, 9.17) is 9.15 Å². The molecule has 2 heterocycles. The molecule has 1 aromatic rings. The first-order valence-electron chi connectivity index (χ1n) is 15.0. The van der Waals surface area contributed by atoms with Gasteiger partial charge in [0.1, 0.15) is 0 Å². The third-order valence-electron chi connectivity index (χ3n) is 12.4. The molecule has 1 amide bonds. The molecule has 1 aromatic heterocycles. The maximum atomic E-state index is 13.1. The SMILES string of the molecule is CN(C(=O)CN1CCOCC1)[C@@H]1CC[C@]2(C)[C@H](CC[C@@H]3[C@H]2CC[C@]2(C)[C@@H](c4ccc(=O)oc4)CC[C@@]32O)C1. The topological polar surface area (TPSA) is 83.2 Å². The first-order chi connectivity index (χ1) is 18.2. The average molecular weight is 527 g/mol. The van der Waals surface area contributed by atoms with Gasteiger partial charge in [-0.05, 0) is 98.5 Å². The van der Waals surface area contributed by atoms with Crippen LogP contribution >= 0.6 is 0 Å². The number of ether oxygens (including phenoxy) is 1. The average Bonchev–Trinajstić information content (AvgIpc) is 3.20. The van der Waals surface area contributed by atoms with Crippen molar-refractivity contribution in [2.24, 2.45) is 28.6 Å². The molecule has 8 atom stereocenters. The number of hydrogen-bond donors (Lipinski definition) is 1. The largest absolute Gasteiger partial charge is 0.431 e.